The normalized spacial score (nSPS) is 11.4. The van der Waals surface area contributed by atoms with Crippen LogP contribution in [0, 0.1) is 12.0 Å². The van der Waals surface area contributed by atoms with Crippen molar-refractivity contribution < 1.29 is 34.4 Å². The maximum atomic E-state index is 10.0. The zero-order valence-electron chi connectivity index (χ0n) is 20.3. The summed E-state index contributed by atoms with van der Waals surface area (Å²) >= 11 is 0. The van der Waals surface area contributed by atoms with Gasteiger partial charge < -0.3 is 9.52 Å². The molecule has 0 saturated heterocycles. The third-order valence-electron chi connectivity index (χ3n) is 5.42. The Morgan fingerprint density at radius 3 is 2.37 bits per heavy atom. The van der Waals surface area contributed by atoms with Gasteiger partial charge in [-0.15, -0.1) is 35.9 Å². The summed E-state index contributed by atoms with van der Waals surface area (Å²) in [4.78, 5) is 15.0. The van der Waals surface area contributed by atoms with Gasteiger partial charge in [-0.25, -0.2) is 0 Å². The van der Waals surface area contributed by atoms with Gasteiger partial charge in [0, 0.05) is 48.4 Å². The zero-order chi connectivity index (χ0) is 24.2. The molecule has 5 rings (SSSR count). The molecule has 1 N–H and O–H groups in total. The van der Waals surface area contributed by atoms with E-state index in [2.05, 4.69) is 56.3 Å². The number of hydrogen-bond acceptors (Lipinski definition) is 4. The number of nitrogens with zero attached hydrogens (tertiary/aromatic N) is 1. The van der Waals surface area contributed by atoms with Crippen molar-refractivity contribution in [2.45, 2.75) is 34.1 Å². The summed E-state index contributed by atoms with van der Waals surface area (Å²) in [5.41, 5.74) is 6.11. The molecule has 0 spiro atoms. The van der Waals surface area contributed by atoms with E-state index in [-0.39, 0.29) is 31.6 Å². The van der Waals surface area contributed by atoms with E-state index < -0.39 is 0 Å². The van der Waals surface area contributed by atoms with Crippen molar-refractivity contribution in [3.8, 4) is 11.3 Å². The summed E-state index contributed by atoms with van der Waals surface area (Å²) in [5, 5.41) is 11.9. The van der Waals surface area contributed by atoms with Crippen LogP contribution in [-0.4, -0.2) is 15.9 Å². The van der Waals surface area contributed by atoms with Crippen molar-refractivity contribution >= 4 is 38.6 Å². The molecule has 4 nitrogen and oxygen atoms in total. The van der Waals surface area contributed by atoms with Crippen LogP contribution >= 0.6 is 0 Å². The van der Waals surface area contributed by atoms with Gasteiger partial charge >= 0.3 is 0 Å². The van der Waals surface area contributed by atoms with Gasteiger partial charge in [0.15, 0.2) is 5.78 Å². The number of carbonyl (C=O) groups is 1. The molecule has 0 aliphatic carbocycles. The third kappa shape index (κ3) is 6.24. The van der Waals surface area contributed by atoms with Gasteiger partial charge in [0.25, 0.3) is 0 Å². The standard InChI is InChI=1S/C25H20NO.C5H8O2.Ir/c1-16(2)12-18-13-22(17-8-4-3-5-9-17)26-23-15-25-21(14-20(18)23)19-10-6-7-11-24(19)27-25;1-4(6)3-5(2)7;/h3-8,10-11,13-16H,12H2,1-2H3;3,6H,1-2H3;/q-1;;. The van der Waals surface area contributed by atoms with Crippen molar-refractivity contribution in [3.63, 3.8) is 0 Å². The Bertz CT molecular complexity index is 1500. The molecule has 0 bridgehead atoms. The van der Waals surface area contributed by atoms with E-state index in [1.807, 2.05) is 30.3 Å². The Hall–Kier alpha value is -3.27. The smallest absolute Gasteiger partial charge is 0.155 e. The Labute approximate surface area is 219 Å². The van der Waals surface area contributed by atoms with E-state index in [1.165, 1.54) is 30.9 Å². The maximum absolute atomic E-state index is 10.0. The van der Waals surface area contributed by atoms with Gasteiger partial charge in [0.2, 0.25) is 0 Å². The SMILES string of the molecule is CC(=O)C=C(C)O.CC(C)Cc1cc(-c2[c-]cccc2)nc2cc3oc4ccccc4c3cc12.[Ir]. The maximum Gasteiger partial charge on any atom is 0.155 e. The molecular formula is C30H28IrNO3-. The van der Waals surface area contributed by atoms with Crippen molar-refractivity contribution in [1.82, 2.24) is 4.98 Å². The second kappa shape index (κ2) is 11.4. The molecule has 35 heavy (non-hydrogen) atoms. The van der Waals surface area contributed by atoms with Crippen LogP contribution in [0.4, 0.5) is 0 Å². The first kappa shape index (κ1) is 26.3. The first-order chi connectivity index (χ1) is 16.3. The summed E-state index contributed by atoms with van der Waals surface area (Å²) in [5.74, 6) is 0.507. The van der Waals surface area contributed by atoms with E-state index in [0.29, 0.717) is 5.92 Å². The second-order valence-corrected chi connectivity index (χ2v) is 8.90. The molecule has 1 radical (unpaired) electrons. The molecule has 3 aromatic carbocycles. The number of aliphatic hydroxyl groups is 1. The van der Waals surface area contributed by atoms with Crippen LogP contribution in [0.1, 0.15) is 33.3 Å². The molecule has 0 aliphatic heterocycles. The first-order valence-corrected chi connectivity index (χ1v) is 11.4. The fourth-order valence-electron chi connectivity index (χ4n) is 4.11. The van der Waals surface area contributed by atoms with Crippen molar-refractivity contribution in [3.05, 3.63) is 90.2 Å². The average Bonchev–Trinajstić information content (AvgIpc) is 3.15. The predicted octanol–water partition coefficient (Wildman–Crippen LogP) is 7.83. The topological polar surface area (TPSA) is 63.3 Å². The summed E-state index contributed by atoms with van der Waals surface area (Å²) in [6.45, 7) is 7.36. The molecular weight excluding hydrogens is 615 g/mol. The molecule has 2 heterocycles. The number of allylic oxidation sites excluding steroid dienone is 2. The van der Waals surface area contributed by atoms with Gasteiger partial charge in [0.05, 0.1) is 11.3 Å². The first-order valence-electron chi connectivity index (χ1n) is 11.4. The number of para-hydroxylation sites is 1. The van der Waals surface area contributed by atoms with Crippen LogP contribution in [0.2, 0.25) is 0 Å². The number of rotatable bonds is 4. The van der Waals surface area contributed by atoms with Gasteiger partial charge in [0.1, 0.15) is 11.2 Å². The van der Waals surface area contributed by atoms with Crippen LogP contribution in [0.5, 0.6) is 0 Å². The largest absolute Gasteiger partial charge is 0.512 e. The quantitative estimate of drug-likeness (QED) is 0.123. The monoisotopic (exact) mass is 643 g/mol. The van der Waals surface area contributed by atoms with E-state index >= 15 is 0 Å². The number of aromatic nitrogens is 1. The van der Waals surface area contributed by atoms with Crippen LogP contribution in [0.25, 0.3) is 44.1 Å². The molecule has 181 valence electrons. The van der Waals surface area contributed by atoms with Crippen molar-refractivity contribution in [1.29, 1.82) is 0 Å². The van der Waals surface area contributed by atoms with Crippen LogP contribution < -0.4 is 0 Å². The fraction of sp³-hybridized carbons (Fsp3) is 0.200. The molecule has 5 heteroatoms. The Morgan fingerprint density at radius 2 is 1.74 bits per heavy atom. The van der Waals surface area contributed by atoms with E-state index in [4.69, 9.17) is 14.5 Å². The number of ketones is 1. The number of fused-ring (bicyclic) bond motifs is 4. The number of aliphatic hydroxyl groups excluding tert-OH is 1. The molecule has 0 unspecified atom stereocenters. The van der Waals surface area contributed by atoms with Gasteiger partial charge in [-0.05, 0) is 49.6 Å². The summed E-state index contributed by atoms with van der Waals surface area (Å²) in [6.07, 6.45) is 2.18. The van der Waals surface area contributed by atoms with E-state index in [1.54, 1.807) is 0 Å². The van der Waals surface area contributed by atoms with E-state index in [9.17, 15) is 4.79 Å². The molecule has 0 atom stereocenters. The second-order valence-electron chi connectivity index (χ2n) is 8.90. The fourth-order valence-corrected chi connectivity index (χ4v) is 4.11. The van der Waals surface area contributed by atoms with Crippen molar-refractivity contribution in [2.75, 3.05) is 0 Å². The number of furan rings is 1. The van der Waals surface area contributed by atoms with Gasteiger partial charge in [-0.3, -0.25) is 9.78 Å². The van der Waals surface area contributed by atoms with Crippen molar-refractivity contribution in [2.24, 2.45) is 5.92 Å². The van der Waals surface area contributed by atoms with E-state index in [0.717, 1.165) is 45.1 Å². The zero-order valence-corrected chi connectivity index (χ0v) is 22.7. The van der Waals surface area contributed by atoms with Crippen LogP contribution in [-0.2, 0) is 31.3 Å². The Balaban J connectivity index is 0.000000378. The molecule has 5 aromatic rings. The Kier molecular flexibility index (Phi) is 8.61. The molecule has 0 amide bonds. The molecule has 0 saturated carbocycles. The number of benzene rings is 3. The van der Waals surface area contributed by atoms with Crippen LogP contribution in [0.3, 0.4) is 0 Å². The van der Waals surface area contributed by atoms with Gasteiger partial charge in [-0.1, -0.05) is 38.1 Å². The number of carbonyl (C=O) groups excluding carboxylic acids is 1. The number of pyridine rings is 1. The minimum Gasteiger partial charge on any atom is -0.512 e. The summed E-state index contributed by atoms with van der Waals surface area (Å²) < 4.78 is 6.08. The summed E-state index contributed by atoms with van der Waals surface area (Å²) in [6, 6.07) is 26.1. The molecule has 0 aliphatic rings. The minimum atomic E-state index is -0.125. The molecule has 2 aromatic heterocycles. The average molecular weight is 643 g/mol. The number of hydrogen-bond donors (Lipinski definition) is 1. The third-order valence-corrected chi connectivity index (χ3v) is 5.42. The van der Waals surface area contributed by atoms with Crippen LogP contribution in [0.15, 0.2) is 83.0 Å². The minimum absolute atomic E-state index is 0. The predicted molar refractivity (Wildman–Crippen MR) is 139 cm³/mol. The summed E-state index contributed by atoms with van der Waals surface area (Å²) in [7, 11) is 0. The molecule has 0 fully saturated rings. The van der Waals surface area contributed by atoms with Gasteiger partial charge in [-0.2, -0.15) is 0 Å². The Morgan fingerprint density at radius 1 is 1.00 bits per heavy atom.